The number of aromatic nitrogens is 2. The van der Waals surface area contributed by atoms with Gasteiger partial charge in [-0.2, -0.15) is 25.7 Å². The van der Waals surface area contributed by atoms with E-state index in [-0.39, 0.29) is 39.6 Å². The third kappa shape index (κ3) is 3.54. The van der Waals surface area contributed by atoms with Crippen LogP contribution >= 0.6 is 11.6 Å². The van der Waals surface area contributed by atoms with E-state index in [2.05, 4.69) is 5.10 Å². The van der Waals surface area contributed by atoms with Gasteiger partial charge in [-0.15, -0.1) is 5.10 Å². The summed E-state index contributed by atoms with van der Waals surface area (Å²) in [6.07, 6.45) is -3.55. The Kier molecular flexibility index (Phi) is 5.22. The Balaban J connectivity index is 1.94. The SMILES string of the molecule is Cc1ccc(S(=O)(=O)n2nc(N3CCCCC3C(F)(F)F)c3c(Cl)cccc32)cc1. The minimum absolute atomic E-state index is 0.00459. The van der Waals surface area contributed by atoms with Gasteiger partial charge in [-0.25, -0.2) is 0 Å². The van der Waals surface area contributed by atoms with E-state index in [4.69, 9.17) is 11.6 Å². The first kappa shape index (κ1) is 21.0. The summed E-state index contributed by atoms with van der Waals surface area (Å²) in [7, 11) is -4.13. The minimum Gasteiger partial charge on any atom is -0.342 e. The maximum Gasteiger partial charge on any atom is 0.408 e. The van der Waals surface area contributed by atoms with Crippen molar-refractivity contribution in [3.05, 3.63) is 53.1 Å². The highest BCUT2D eigenvalue weighted by molar-refractivity contribution is 7.90. The fraction of sp³-hybridized carbons (Fsp3) is 0.350. The fourth-order valence-corrected chi connectivity index (χ4v) is 5.33. The third-order valence-corrected chi connectivity index (χ3v) is 7.22. The van der Waals surface area contributed by atoms with Gasteiger partial charge in [0.1, 0.15) is 6.04 Å². The molecule has 5 nitrogen and oxygen atoms in total. The average Bonchev–Trinajstić information content (AvgIpc) is 3.09. The van der Waals surface area contributed by atoms with E-state index in [1.165, 1.54) is 24.3 Å². The highest BCUT2D eigenvalue weighted by atomic mass is 35.5. The van der Waals surface area contributed by atoms with Gasteiger partial charge in [0.25, 0.3) is 10.0 Å². The molecule has 0 radical (unpaired) electrons. The Morgan fingerprint density at radius 2 is 1.80 bits per heavy atom. The average molecular weight is 458 g/mol. The maximum atomic E-state index is 13.7. The molecule has 160 valence electrons. The smallest absolute Gasteiger partial charge is 0.342 e. The molecule has 1 saturated heterocycles. The Morgan fingerprint density at radius 1 is 1.10 bits per heavy atom. The number of nitrogens with zero attached hydrogens (tertiary/aromatic N) is 3. The zero-order chi connectivity index (χ0) is 21.7. The molecule has 1 unspecified atom stereocenters. The third-order valence-electron chi connectivity index (χ3n) is 5.31. The standard InChI is InChI=1S/C20H19ClF3N3O2S/c1-13-8-10-14(11-9-13)30(28,29)27-16-6-4-5-15(21)18(16)19(25-27)26-12-3-2-7-17(26)20(22,23)24/h4-6,8-11,17H,2-3,7,12H2,1H3. The van der Waals surface area contributed by atoms with Crippen molar-refractivity contribution in [1.29, 1.82) is 0 Å². The van der Waals surface area contributed by atoms with E-state index in [1.54, 1.807) is 18.2 Å². The van der Waals surface area contributed by atoms with Gasteiger partial charge in [-0.1, -0.05) is 35.4 Å². The Labute approximate surface area is 177 Å². The molecule has 0 aliphatic carbocycles. The lowest BCUT2D eigenvalue weighted by molar-refractivity contribution is -0.152. The lowest BCUT2D eigenvalue weighted by Gasteiger charge is -2.37. The molecule has 3 aromatic rings. The second-order valence-electron chi connectivity index (χ2n) is 7.37. The van der Waals surface area contributed by atoms with Gasteiger partial charge in [-0.05, 0) is 50.5 Å². The molecule has 1 aliphatic rings. The monoisotopic (exact) mass is 457 g/mol. The fourth-order valence-electron chi connectivity index (χ4n) is 3.80. The molecule has 0 N–H and O–H groups in total. The summed E-state index contributed by atoms with van der Waals surface area (Å²) in [5.74, 6) is -0.0617. The number of hydrogen-bond donors (Lipinski definition) is 0. The normalized spacial score (nSPS) is 18.2. The highest BCUT2D eigenvalue weighted by Crippen LogP contribution is 2.40. The Bertz CT molecular complexity index is 1190. The van der Waals surface area contributed by atoms with E-state index in [0.29, 0.717) is 12.8 Å². The van der Waals surface area contributed by atoms with Crippen LogP contribution in [0.4, 0.5) is 19.0 Å². The van der Waals surface area contributed by atoms with Crippen molar-refractivity contribution >= 4 is 38.3 Å². The summed E-state index contributed by atoms with van der Waals surface area (Å²) in [5, 5.41) is 4.53. The van der Waals surface area contributed by atoms with E-state index in [0.717, 1.165) is 14.6 Å². The predicted octanol–water partition coefficient (Wildman–Crippen LogP) is 5.16. The molecular weight excluding hydrogens is 439 g/mol. The summed E-state index contributed by atoms with van der Waals surface area (Å²) in [4.78, 5) is 1.13. The predicted molar refractivity (Wildman–Crippen MR) is 110 cm³/mol. The van der Waals surface area contributed by atoms with Crippen LogP contribution in [-0.2, 0) is 10.0 Å². The zero-order valence-corrected chi connectivity index (χ0v) is 17.6. The molecular formula is C20H19ClF3N3O2S. The van der Waals surface area contributed by atoms with E-state index in [9.17, 15) is 21.6 Å². The van der Waals surface area contributed by atoms with Crippen molar-refractivity contribution in [2.75, 3.05) is 11.4 Å². The molecule has 0 saturated carbocycles. The minimum atomic E-state index is -4.46. The van der Waals surface area contributed by atoms with Crippen molar-refractivity contribution in [2.45, 2.75) is 43.3 Å². The number of fused-ring (bicyclic) bond motifs is 1. The van der Waals surface area contributed by atoms with Crippen molar-refractivity contribution in [3.63, 3.8) is 0 Å². The number of aryl methyl sites for hydroxylation is 1. The first-order valence-electron chi connectivity index (χ1n) is 9.43. The van der Waals surface area contributed by atoms with Gasteiger partial charge in [-0.3, -0.25) is 0 Å². The summed E-state index contributed by atoms with van der Waals surface area (Å²) in [6, 6.07) is 9.02. The summed E-state index contributed by atoms with van der Waals surface area (Å²) in [6.45, 7) is 1.94. The maximum absolute atomic E-state index is 13.7. The molecule has 4 rings (SSSR count). The first-order chi connectivity index (χ1) is 14.1. The van der Waals surface area contributed by atoms with Crippen molar-refractivity contribution in [1.82, 2.24) is 9.19 Å². The molecule has 10 heteroatoms. The van der Waals surface area contributed by atoms with Gasteiger partial charge in [0.05, 0.1) is 20.8 Å². The Morgan fingerprint density at radius 3 is 2.47 bits per heavy atom. The number of piperidine rings is 1. The largest absolute Gasteiger partial charge is 0.408 e. The molecule has 0 spiro atoms. The summed E-state index contributed by atoms with van der Waals surface area (Å²) in [5.41, 5.74) is 1.02. The van der Waals surface area contributed by atoms with E-state index in [1.807, 2.05) is 6.92 Å². The number of alkyl halides is 3. The lowest BCUT2D eigenvalue weighted by atomic mass is 10.0. The lowest BCUT2D eigenvalue weighted by Crippen LogP contribution is -2.49. The van der Waals surface area contributed by atoms with Crippen LogP contribution in [0.1, 0.15) is 24.8 Å². The second-order valence-corrected chi connectivity index (χ2v) is 9.54. The molecule has 1 aromatic heterocycles. The van der Waals surface area contributed by atoms with Crippen molar-refractivity contribution in [3.8, 4) is 0 Å². The number of anilines is 1. The molecule has 2 aromatic carbocycles. The molecule has 1 fully saturated rings. The zero-order valence-electron chi connectivity index (χ0n) is 16.0. The molecule has 1 atom stereocenters. The van der Waals surface area contributed by atoms with Crippen molar-refractivity contribution in [2.24, 2.45) is 0 Å². The number of hydrogen-bond acceptors (Lipinski definition) is 4. The van der Waals surface area contributed by atoms with Gasteiger partial charge < -0.3 is 4.90 Å². The number of halogens is 4. The molecule has 1 aliphatic heterocycles. The number of rotatable bonds is 3. The van der Waals surface area contributed by atoms with Gasteiger partial charge in [0.2, 0.25) is 0 Å². The van der Waals surface area contributed by atoms with Gasteiger partial charge in [0, 0.05) is 6.54 Å². The summed E-state index contributed by atoms with van der Waals surface area (Å²) < 4.78 is 68.4. The molecule has 0 bridgehead atoms. The van der Waals surface area contributed by atoms with Crippen molar-refractivity contribution < 1.29 is 21.6 Å². The van der Waals surface area contributed by atoms with Gasteiger partial charge >= 0.3 is 6.18 Å². The van der Waals surface area contributed by atoms with Crippen LogP contribution in [0.2, 0.25) is 5.02 Å². The Hall–Kier alpha value is -2.26. The van der Waals surface area contributed by atoms with Crippen LogP contribution in [0.5, 0.6) is 0 Å². The molecule has 2 heterocycles. The van der Waals surface area contributed by atoms with Gasteiger partial charge in [0.15, 0.2) is 5.82 Å². The van der Waals surface area contributed by atoms with Crippen LogP contribution in [0.15, 0.2) is 47.4 Å². The van der Waals surface area contributed by atoms with E-state index < -0.39 is 22.2 Å². The van der Waals surface area contributed by atoms with Crippen LogP contribution in [-0.4, -0.2) is 36.4 Å². The quantitative estimate of drug-likeness (QED) is 0.545. The highest BCUT2D eigenvalue weighted by Gasteiger charge is 2.46. The second kappa shape index (κ2) is 7.46. The van der Waals surface area contributed by atoms with E-state index >= 15 is 0 Å². The topological polar surface area (TPSA) is 55.2 Å². The van der Waals surface area contributed by atoms with Crippen LogP contribution < -0.4 is 4.90 Å². The first-order valence-corrected chi connectivity index (χ1v) is 11.3. The summed E-state index contributed by atoms with van der Waals surface area (Å²) >= 11 is 6.32. The van der Waals surface area contributed by atoms with Crippen LogP contribution in [0.3, 0.4) is 0 Å². The van der Waals surface area contributed by atoms with Crippen LogP contribution in [0.25, 0.3) is 10.9 Å². The molecule has 0 amide bonds. The van der Waals surface area contributed by atoms with Crippen LogP contribution in [0, 0.1) is 6.92 Å². The number of benzene rings is 2. The molecule has 30 heavy (non-hydrogen) atoms.